The summed E-state index contributed by atoms with van der Waals surface area (Å²) in [7, 11) is 0. The van der Waals surface area contributed by atoms with Gasteiger partial charge >= 0.3 is 0 Å². The van der Waals surface area contributed by atoms with Gasteiger partial charge in [0.05, 0.1) is 5.54 Å². The summed E-state index contributed by atoms with van der Waals surface area (Å²) in [5.74, 6) is -0.411. The molecule has 1 aromatic rings. The molecule has 0 radical (unpaired) electrons. The Hall–Kier alpha value is -0.930. The number of nitrogens with two attached hydrogens (primary N) is 1. The van der Waals surface area contributed by atoms with Crippen molar-refractivity contribution >= 4 is 18.2 Å². The number of benzene rings is 1. The smallest absolute Gasteiger partial charge is 0.182 e. The summed E-state index contributed by atoms with van der Waals surface area (Å²) in [6.45, 7) is 0. The maximum atomic E-state index is 12.5. The largest absolute Gasteiger partial charge is 0.319 e. The molecule has 0 aromatic heterocycles. The van der Waals surface area contributed by atoms with Crippen molar-refractivity contribution in [2.45, 2.75) is 18.4 Å². The fourth-order valence-corrected chi connectivity index (χ4v) is 1.25. The van der Waals surface area contributed by atoms with Crippen molar-refractivity contribution in [2.24, 2.45) is 5.73 Å². The number of carbonyl (C=O) groups excluding carboxylic acids is 1. The van der Waals surface area contributed by atoms with E-state index in [0.717, 1.165) is 12.8 Å². The maximum absolute atomic E-state index is 12.5. The Labute approximate surface area is 87.7 Å². The van der Waals surface area contributed by atoms with Gasteiger partial charge in [-0.15, -0.1) is 12.4 Å². The molecular weight excluding hydrogens is 205 g/mol. The highest BCUT2D eigenvalue weighted by atomic mass is 35.5. The summed E-state index contributed by atoms with van der Waals surface area (Å²) in [5, 5.41) is 0. The molecular formula is C10H11ClFNO. The lowest BCUT2D eigenvalue weighted by molar-refractivity contribution is 0.0949. The Balaban J connectivity index is 0.000000980. The molecule has 1 aliphatic carbocycles. The van der Waals surface area contributed by atoms with Gasteiger partial charge in [-0.3, -0.25) is 4.79 Å². The molecule has 0 amide bonds. The van der Waals surface area contributed by atoms with Crippen LogP contribution in [0.25, 0.3) is 0 Å². The third kappa shape index (κ3) is 1.94. The Morgan fingerprint density at radius 1 is 1.29 bits per heavy atom. The molecule has 2 N–H and O–H groups in total. The number of rotatable bonds is 2. The van der Waals surface area contributed by atoms with Crippen molar-refractivity contribution in [1.82, 2.24) is 0 Å². The minimum atomic E-state index is -0.655. The van der Waals surface area contributed by atoms with E-state index in [1.807, 2.05) is 0 Å². The topological polar surface area (TPSA) is 43.1 Å². The minimum Gasteiger partial charge on any atom is -0.319 e. The zero-order valence-electron chi connectivity index (χ0n) is 7.50. The quantitative estimate of drug-likeness (QED) is 0.766. The van der Waals surface area contributed by atoms with Gasteiger partial charge in [0.25, 0.3) is 0 Å². The number of hydrogen-bond acceptors (Lipinski definition) is 2. The Morgan fingerprint density at radius 2 is 1.79 bits per heavy atom. The van der Waals surface area contributed by atoms with E-state index in [0.29, 0.717) is 5.56 Å². The molecule has 0 aliphatic heterocycles. The Bertz CT molecular complexity index is 346. The number of hydrogen-bond donors (Lipinski definition) is 1. The van der Waals surface area contributed by atoms with E-state index in [4.69, 9.17) is 5.73 Å². The summed E-state index contributed by atoms with van der Waals surface area (Å²) < 4.78 is 12.5. The average Bonchev–Trinajstić information content (AvgIpc) is 2.85. The molecule has 0 heterocycles. The molecule has 76 valence electrons. The summed E-state index contributed by atoms with van der Waals surface area (Å²) >= 11 is 0. The van der Waals surface area contributed by atoms with Crippen LogP contribution in [0.2, 0.25) is 0 Å². The third-order valence-corrected chi connectivity index (χ3v) is 2.35. The van der Waals surface area contributed by atoms with E-state index in [9.17, 15) is 9.18 Å². The van der Waals surface area contributed by atoms with E-state index in [1.165, 1.54) is 24.3 Å². The number of carbonyl (C=O) groups is 1. The Kier molecular flexibility index (Phi) is 2.92. The van der Waals surface area contributed by atoms with Crippen LogP contribution >= 0.6 is 12.4 Å². The van der Waals surface area contributed by atoms with Crippen LogP contribution in [-0.4, -0.2) is 11.3 Å². The van der Waals surface area contributed by atoms with Gasteiger partial charge in [-0.1, -0.05) is 0 Å². The highest BCUT2D eigenvalue weighted by Crippen LogP contribution is 2.35. The highest BCUT2D eigenvalue weighted by molar-refractivity contribution is 6.05. The monoisotopic (exact) mass is 215 g/mol. The van der Waals surface area contributed by atoms with Gasteiger partial charge in [-0.05, 0) is 37.1 Å². The highest BCUT2D eigenvalue weighted by Gasteiger charge is 2.45. The second kappa shape index (κ2) is 3.67. The standard InChI is InChI=1S/C10H10FNO.ClH/c11-8-3-1-7(2-4-8)9(13)10(12)5-6-10;/h1-4H,5-6,12H2;1H. The molecule has 0 unspecified atom stereocenters. The SMILES string of the molecule is Cl.NC1(C(=O)c2ccc(F)cc2)CC1. The first-order chi connectivity index (χ1) is 6.12. The molecule has 14 heavy (non-hydrogen) atoms. The van der Waals surface area contributed by atoms with Crippen LogP contribution in [0.15, 0.2) is 24.3 Å². The van der Waals surface area contributed by atoms with Crippen molar-refractivity contribution in [3.8, 4) is 0 Å². The van der Waals surface area contributed by atoms with Gasteiger partial charge in [0, 0.05) is 5.56 Å². The molecule has 1 aromatic carbocycles. The van der Waals surface area contributed by atoms with Crippen molar-refractivity contribution in [1.29, 1.82) is 0 Å². The lowest BCUT2D eigenvalue weighted by Gasteiger charge is -2.06. The third-order valence-electron chi connectivity index (χ3n) is 2.35. The van der Waals surface area contributed by atoms with E-state index < -0.39 is 5.54 Å². The molecule has 0 atom stereocenters. The summed E-state index contributed by atoms with van der Waals surface area (Å²) in [4.78, 5) is 11.6. The molecule has 1 fully saturated rings. The number of halogens is 2. The van der Waals surface area contributed by atoms with Crippen molar-refractivity contribution in [3.05, 3.63) is 35.6 Å². The summed E-state index contributed by atoms with van der Waals surface area (Å²) in [6, 6.07) is 5.51. The summed E-state index contributed by atoms with van der Waals surface area (Å²) in [6.07, 6.45) is 1.48. The predicted molar refractivity (Wildman–Crippen MR) is 54.1 cm³/mol. The summed E-state index contributed by atoms with van der Waals surface area (Å²) in [5.41, 5.74) is 5.56. The molecule has 0 spiro atoms. The maximum Gasteiger partial charge on any atom is 0.182 e. The first kappa shape index (κ1) is 11.1. The normalized spacial score (nSPS) is 17.0. The zero-order chi connectivity index (χ0) is 9.47. The van der Waals surface area contributed by atoms with Crippen LogP contribution in [0.4, 0.5) is 4.39 Å². The van der Waals surface area contributed by atoms with Gasteiger partial charge in [0.1, 0.15) is 5.82 Å². The van der Waals surface area contributed by atoms with Crippen LogP contribution in [-0.2, 0) is 0 Å². The zero-order valence-corrected chi connectivity index (χ0v) is 8.31. The molecule has 2 nitrogen and oxygen atoms in total. The minimum absolute atomic E-state index is 0. The van der Waals surface area contributed by atoms with Gasteiger partial charge in [0.15, 0.2) is 5.78 Å². The van der Waals surface area contributed by atoms with E-state index >= 15 is 0 Å². The van der Waals surface area contributed by atoms with Crippen LogP contribution in [0.1, 0.15) is 23.2 Å². The van der Waals surface area contributed by atoms with Crippen LogP contribution in [0, 0.1) is 5.82 Å². The first-order valence-corrected chi connectivity index (χ1v) is 4.21. The molecule has 4 heteroatoms. The molecule has 2 rings (SSSR count). The van der Waals surface area contributed by atoms with Crippen LogP contribution in [0.5, 0.6) is 0 Å². The van der Waals surface area contributed by atoms with Crippen molar-refractivity contribution in [3.63, 3.8) is 0 Å². The molecule has 1 saturated carbocycles. The van der Waals surface area contributed by atoms with Gasteiger partial charge < -0.3 is 5.73 Å². The van der Waals surface area contributed by atoms with Gasteiger partial charge in [0.2, 0.25) is 0 Å². The van der Waals surface area contributed by atoms with Crippen LogP contribution in [0.3, 0.4) is 0 Å². The fourth-order valence-electron chi connectivity index (χ4n) is 1.25. The molecule has 0 saturated heterocycles. The first-order valence-electron chi connectivity index (χ1n) is 4.21. The second-order valence-corrected chi connectivity index (χ2v) is 3.49. The van der Waals surface area contributed by atoms with E-state index in [2.05, 4.69) is 0 Å². The second-order valence-electron chi connectivity index (χ2n) is 3.49. The van der Waals surface area contributed by atoms with Crippen molar-refractivity contribution < 1.29 is 9.18 Å². The Morgan fingerprint density at radius 3 is 2.21 bits per heavy atom. The van der Waals surface area contributed by atoms with Crippen LogP contribution < -0.4 is 5.73 Å². The van der Waals surface area contributed by atoms with E-state index in [-0.39, 0.29) is 24.0 Å². The van der Waals surface area contributed by atoms with Gasteiger partial charge in [-0.25, -0.2) is 4.39 Å². The average molecular weight is 216 g/mol. The lowest BCUT2D eigenvalue weighted by Crippen LogP contribution is -2.32. The predicted octanol–water partition coefficient (Wildman–Crippen LogP) is 1.92. The molecule has 0 bridgehead atoms. The fraction of sp³-hybridized carbons (Fsp3) is 0.300. The lowest BCUT2D eigenvalue weighted by atomic mass is 10.0. The number of Topliss-reactive ketones (excluding diaryl/α,β-unsaturated/α-hetero) is 1. The van der Waals surface area contributed by atoms with Gasteiger partial charge in [-0.2, -0.15) is 0 Å². The molecule has 1 aliphatic rings. The van der Waals surface area contributed by atoms with E-state index in [1.54, 1.807) is 0 Å². The number of ketones is 1. The van der Waals surface area contributed by atoms with Crippen molar-refractivity contribution in [2.75, 3.05) is 0 Å².